The normalized spacial score (nSPS) is 15.6. The van der Waals surface area contributed by atoms with E-state index in [0.717, 1.165) is 55.0 Å². The highest BCUT2D eigenvalue weighted by atomic mass is 16.5. The molecule has 0 unspecified atom stereocenters. The zero-order chi connectivity index (χ0) is 19.7. The number of carbonyl (C=O) groups excluding carboxylic acids is 1. The molecule has 0 radical (unpaired) electrons. The monoisotopic (exact) mass is 381 g/mol. The van der Waals surface area contributed by atoms with Crippen molar-refractivity contribution in [3.05, 3.63) is 47.0 Å². The number of nitrogen functional groups attached to an aromatic ring is 1. The third kappa shape index (κ3) is 3.35. The van der Waals surface area contributed by atoms with Gasteiger partial charge < -0.3 is 25.0 Å². The second-order valence-electron chi connectivity index (χ2n) is 7.41. The van der Waals surface area contributed by atoms with Crippen molar-refractivity contribution in [2.24, 2.45) is 0 Å². The fourth-order valence-corrected chi connectivity index (χ4v) is 4.25. The maximum atomic E-state index is 13.0. The fraction of sp³-hybridized carbons (Fsp3) is 0.409. The Morgan fingerprint density at radius 1 is 1.07 bits per heavy atom. The molecule has 2 heterocycles. The number of ether oxygens (including phenoxy) is 2. The zero-order valence-corrected chi connectivity index (χ0v) is 16.5. The van der Waals surface area contributed by atoms with E-state index < -0.39 is 0 Å². The van der Waals surface area contributed by atoms with Gasteiger partial charge in [-0.25, -0.2) is 0 Å². The predicted molar refractivity (Wildman–Crippen MR) is 110 cm³/mol. The van der Waals surface area contributed by atoms with Crippen LogP contribution in [0.25, 0.3) is 0 Å². The third-order valence-corrected chi connectivity index (χ3v) is 5.78. The molecule has 6 nitrogen and oxygen atoms in total. The molecule has 2 aromatic carbocycles. The van der Waals surface area contributed by atoms with Gasteiger partial charge in [-0.2, -0.15) is 0 Å². The predicted octanol–water partition coefficient (Wildman–Crippen LogP) is 2.62. The first-order valence-corrected chi connectivity index (χ1v) is 9.74. The van der Waals surface area contributed by atoms with Crippen LogP contribution < -0.4 is 20.1 Å². The molecule has 2 aromatic rings. The molecule has 2 N–H and O–H groups in total. The van der Waals surface area contributed by atoms with E-state index in [1.807, 2.05) is 29.2 Å². The number of benzene rings is 2. The van der Waals surface area contributed by atoms with Crippen molar-refractivity contribution in [2.75, 3.05) is 44.5 Å². The number of fused-ring (bicyclic) bond motifs is 2. The lowest BCUT2D eigenvalue weighted by atomic mass is 9.98. The Kier molecular flexibility index (Phi) is 5.03. The molecular formula is C22H27N3O3. The van der Waals surface area contributed by atoms with Crippen LogP contribution in [-0.2, 0) is 24.2 Å². The number of anilines is 2. The van der Waals surface area contributed by atoms with Crippen LogP contribution in [0.4, 0.5) is 11.4 Å². The van der Waals surface area contributed by atoms with E-state index in [0.29, 0.717) is 18.8 Å². The van der Waals surface area contributed by atoms with Crippen molar-refractivity contribution in [2.45, 2.75) is 25.8 Å². The van der Waals surface area contributed by atoms with Gasteiger partial charge in [0.25, 0.3) is 0 Å². The molecular weight excluding hydrogens is 354 g/mol. The highest BCUT2D eigenvalue weighted by molar-refractivity contribution is 5.83. The van der Waals surface area contributed by atoms with Crippen molar-refractivity contribution in [1.82, 2.24) is 4.90 Å². The Morgan fingerprint density at radius 2 is 1.82 bits per heavy atom. The second kappa shape index (κ2) is 7.62. The summed E-state index contributed by atoms with van der Waals surface area (Å²) in [6.45, 7) is 2.60. The maximum absolute atomic E-state index is 13.0. The topological polar surface area (TPSA) is 68.0 Å². The third-order valence-electron chi connectivity index (χ3n) is 5.78. The Morgan fingerprint density at radius 3 is 2.57 bits per heavy atom. The molecule has 0 saturated carbocycles. The molecule has 0 aliphatic carbocycles. The summed E-state index contributed by atoms with van der Waals surface area (Å²) < 4.78 is 10.8. The molecule has 0 aromatic heterocycles. The molecule has 0 saturated heterocycles. The van der Waals surface area contributed by atoms with Crippen LogP contribution in [0.5, 0.6) is 11.5 Å². The van der Waals surface area contributed by atoms with Crippen LogP contribution in [0.2, 0.25) is 0 Å². The Labute approximate surface area is 165 Å². The number of hydrogen-bond acceptors (Lipinski definition) is 5. The Hall–Kier alpha value is -2.89. The summed E-state index contributed by atoms with van der Waals surface area (Å²) in [5.41, 5.74) is 11.6. The van der Waals surface area contributed by atoms with Crippen molar-refractivity contribution < 1.29 is 14.3 Å². The summed E-state index contributed by atoms with van der Waals surface area (Å²) in [6, 6.07) is 9.99. The molecule has 148 valence electrons. The Balaban J connectivity index is 1.50. The second-order valence-corrected chi connectivity index (χ2v) is 7.41. The number of nitrogens with zero attached hydrogens (tertiary/aromatic N) is 2. The molecule has 2 aliphatic heterocycles. The van der Waals surface area contributed by atoms with Gasteiger partial charge in [-0.15, -0.1) is 0 Å². The molecule has 28 heavy (non-hydrogen) atoms. The number of hydrogen-bond donors (Lipinski definition) is 1. The van der Waals surface area contributed by atoms with Crippen molar-refractivity contribution >= 4 is 17.3 Å². The standard InChI is InChI=1S/C22H27N3O3/c1-27-20-11-15-8-10-25(13-16(15)12-21(20)28-2)22(26)14-24-9-4-5-17-18(23)6-3-7-19(17)24/h3,6-7,11-12H,4-5,8-10,13-14,23H2,1-2H3. The van der Waals surface area contributed by atoms with Gasteiger partial charge in [0, 0.05) is 31.0 Å². The van der Waals surface area contributed by atoms with Gasteiger partial charge in [-0.1, -0.05) is 6.07 Å². The molecule has 1 amide bonds. The average Bonchev–Trinajstić information content (AvgIpc) is 2.73. The maximum Gasteiger partial charge on any atom is 0.242 e. The fourth-order valence-electron chi connectivity index (χ4n) is 4.25. The number of amides is 1. The summed E-state index contributed by atoms with van der Waals surface area (Å²) in [5, 5.41) is 0. The summed E-state index contributed by atoms with van der Waals surface area (Å²) in [6.07, 6.45) is 2.82. The molecule has 0 bridgehead atoms. The van der Waals surface area contributed by atoms with E-state index in [-0.39, 0.29) is 5.91 Å². The SMILES string of the molecule is COc1cc2c(cc1OC)CN(C(=O)CN1CCCc3c(N)cccc31)CC2. The van der Waals surface area contributed by atoms with E-state index in [4.69, 9.17) is 15.2 Å². The van der Waals surface area contributed by atoms with Crippen molar-refractivity contribution in [3.8, 4) is 11.5 Å². The van der Waals surface area contributed by atoms with E-state index in [1.165, 1.54) is 11.1 Å². The lowest BCUT2D eigenvalue weighted by Gasteiger charge is -2.35. The molecule has 4 rings (SSSR count). The van der Waals surface area contributed by atoms with Crippen LogP contribution in [-0.4, -0.2) is 44.7 Å². The molecule has 0 fully saturated rings. The van der Waals surface area contributed by atoms with Gasteiger partial charge >= 0.3 is 0 Å². The van der Waals surface area contributed by atoms with Crippen LogP contribution in [0, 0.1) is 0 Å². The summed E-state index contributed by atoms with van der Waals surface area (Å²) in [7, 11) is 3.28. The molecule has 0 spiro atoms. The molecule has 6 heteroatoms. The quantitative estimate of drug-likeness (QED) is 0.825. The van der Waals surface area contributed by atoms with E-state index in [1.54, 1.807) is 14.2 Å². The Bertz CT molecular complexity index is 897. The first-order valence-electron chi connectivity index (χ1n) is 9.74. The average molecular weight is 381 g/mol. The van der Waals surface area contributed by atoms with Gasteiger partial charge in [-0.3, -0.25) is 4.79 Å². The number of carbonyl (C=O) groups is 1. The highest BCUT2D eigenvalue weighted by Crippen LogP contribution is 2.34. The first kappa shape index (κ1) is 18.5. The summed E-state index contributed by atoms with van der Waals surface area (Å²) in [4.78, 5) is 17.2. The number of nitrogens with two attached hydrogens (primary N) is 1. The van der Waals surface area contributed by atoms with Gasteiger partial charge in [0.2, 0.25) is 5.91 Å². The minimum atomic E-state index is 0.149. The van der Waals surface area contributed by atoms with Gasteiger partial charge in [-0.05, 0) is 60.2 Å². The smallest absolute Gasteiger partial charge is 0.242 e. The van der Waals surface area contributed by atoms with Crippen LogP contribution in [0.3, 0.4) is 0 Å². The van der Waals surface area contributed by atoms with E-state index >= 15 is 0 Å². The minimum Gasteiger partial charge on any atom is -0.493 e. The lowest BCUT2D eigenvalue weighted by molar-refractivity contribution is -0.130. The number of rotatable bonds is 4. The van der Waals surface area contributed by atoms with E-state index in [2.05, 4.69) is 11.0 Å². The van der Waals surface area contributed by atoms with Gasteiger partial charge in [0.15, 0.2) is 11.5 Å². The van der Waals surface area contributed by atoms with Crippen molar-refractivity contribution in [3.63, 3.8) is 0 Å². The van der Waals surface area contributed by atoms with Crippen molar-refractivity contribution in [1.29, 1.82) is 0 Å². The largest absolute Gasteiger partial charge is 0.493 e. The zero-order valence-electron chi connectivity index (χ0n) is 16.5. The van der Waals surface area contributed by atoms with Gasteiger partial charge in [0.05, 0.1) is 20.8 Å². The summed E-state index contributed by atoms with van der Waals surface area (Å²) in [5.74, 6) is 1.59. The van der Waals surface area contributed by atoms with Gasteiger partial charge in [0.1, 0.15) is 0 Å². The number of methoxy groups -OCH3 is 2. The minimum absolute atomic E-state index is 0.149. The first-order chi connectivity index (χ1) is 13.6. The highest BCUT2D eigenvalue weighted by Gasteiger charge is 2.26. The summed E-state index contributed by atoms with van der Waals surface area (Å²) >= 11 is 0. The molecule has 2 aliphatic rings. The van der Waals surface area contributed by atoms with Crippen LogP contribution >= 0.6 is 0 Å². The lowest BCUT2D eigenvalue weighted by Crippen LogP contribution is -2.44. The van der Waals surface area contributed by atoms with E-state index in [9.17, 15) is 4.79 Å². The van der Waals surface area contributed by atoms with Crippen LogP contribution in [0.15, 0.2) is 30.3 Å². The van der Waals surface area contributed by atoms with Crippen LogP contribution in [0.1, 0.15) is 23.1 Å². The molecule has 0 atom stereocenters.